The second-order valence-electron chi connectivity index (χ2n) is 8.59. The van der Waals surface area contributed by atoms with Crippen molar-refractivity contribution in [2.45, 2.75) is 51.2 Å². The minimum atomic E-state index is -1.69. The van der Waals surface area contributed by atoms with Crippen molar-refractivity contribution in [2.75, 3.05) is 13.2 Å². The van der Waals surface area contributed by atoms with E-state index in [0.29, 0.717) is 41.1 Å². The highest BCUT2D eigenvalue weighted by Crippen LogP contribution is 2.34. The third-order valence-corrected chi connectivity index (χ3v) is 6.28. The van der Waals surface area contributed by atoms with Gasteiger partial charge in [-0.2, -0.15) is 0 Å². The molecule has 4 rings (SSSR count). The summed E-state index contributed by atoms with van der Waals surface area (Å²) in [7, 11) is 0. The van der Waals surface area contributed by atoms with Crippen LogP contribution in [0.5, 0.6) is 0 Å². The summed E-state index contributed by atoms with van der Waals surface area (Å²) in [6, 6.07) is 12.1. The zero-order valence-electron chi connectivity index (χ0n) is 18.9. The number of ether oxygens (including phenoxy) is 2. The molecule has 33 heavy (non-hydrogen) atoms. The Morgan fingerprint density at radius 1 is 0.939 bits per heavy atom. The van der Waals surface area contributed by atoms with Gasteiger partial charge in [-0.1, -0.05) is 60.7 Å². The first-order valence-electron chi connectivity index (χ1n) is 11.4. The van der Waals surface area contributed by atoms with E-state index < -0.39 is 12.3 Å². The lowest BCUT2D eigenvalue weighted by molar-refractivity contribution is -0.189. The van der Waals surface area contributed by atoms with E-state index in [1.165, 1.54) is 6.07 Å². The van der Waals surface area contributed by atoms with E-state index >= 15 is 0 Å². The number of alkyl halides is 2. The average molecular weight is 455 g/mol. The SMILES string of the molecule is C/C=C/CCC1OCC(c2ccc(-c3ccc(C4=CC=C(C)C(F)C4F)cc3)c(F)c2)CO1. The van der Waals surface area contributed by atoms with Gasteiger partial charge in [-0.3, -0.25) is 0 Å². The fourth-order valence-corrected chi connectivity index (χ4v) is 4.21. The van der Waals surface area contributed by atoms with Gasteiger partial charge in [0.15, 0.2) is 18.6 Å². The molecule has 1 saturated heterocycles. The number of benzene rings is 2. The van der Waals surface area contributed by atoms with Gasteiger partial charge in [0.1, 0.15) is 5.82 Å². The molecule has 0 spiro atoms. The van der Waals surface area contributed by atoms with E-state index in [1.54, 1.807) is 49.4 Å². The summed E-state index contributed by atoms with van der Waals surface area (Å²) < 4.78 is 55.0. The molecule has 0 radical (unpaired) electrons. The summed E-state index contributed by atoms with van der Waals surface area (Å²) in [4.78, 5) is 0. The summed E-state index contributed by atoms with van der Waals surface area (Å²) in [5.74, 6) is -0.350. The molecule has 0 bridgehead atoms. The first-order valence-corrected chi connectivity index (χ1v) is 11.4. The molecule has 5 heteroatoms. The van der Waals surface area contributed by atoms with Gasteiger partial charge in [0.2, 0.25) is 0 Å². The van der Waals surface area contributed by atoms with Gasteiger partial charge in [0, 0.05) is 17.9 Å². The second-order valence-corrected chi connectivity index (χ2v) is 8.59. The predicted octanol–water partition coefficient (Wildman–Crippen LogP) is 7.33. The fourth-order valence-electron chi connectivity index (χ4n) is 4.21. The average Bonchev–Trinajstić information content (AvgIpc) is 2.83. The van der Waals surface area contributed by atoms with Crippen molar-refractivity contribution >= 4 is 5.57 Å². The smallest absolute Gasteiger partial charge is 0.161 e. The van der Waals surface area contributed by atoms with Crippen molar-refractivity contribution in [3.8, 4) is 11.1 Å². The van der Waals surface area contributed by atoms with Crippen molar-refractivity contribution in [2.24, 2.45) is 0 Å². The molecule has 0 aromatic heterocycles. The minimum absolute atomic E-state index is 0.0150. The Hall–Kier alpha value is -2.63. The number of rotatable bonds is 6. The lowest BCUT2D eigenvalue weighted by Gasteiger charge is -2.29. The topological polar surface area (TPSA) is 18.5 Å². The van der Waals surface area contributed by atoms with Gasteiger partial charge in [0.25, 0.3) is 0 Å². The van der Waals surface area contributed by atoms with Gasteiger partial charge in [-0.25, -0.2) is 13.2 Å². The molecule has 2 unspecified atom stereocenters. The molecular weight excluding hydrogens is 425 g/mol. The molecule has 0 saturated carbocycles. The van der Waals surface area contributed by atoms with Gasteiger partial charge < -0.3 is 9.47 Å². The molecule has 2 aliphatic rings. The number of hydrogen-bond acceptors (Lipinski definition) is 2. The molecule has 1 aliphatic heterocycles. The first-order chi connectivity index (χ1) is 16.0. The van der Waals surface area contributed by atoms with Crippen molar-refractivity contribution in [3.63, 3.8) is 0 Å². The van der Waals surface area contributed by atoms with Crippen LogP contribution in [0.4, 0.5) is 13.2 Å². The molecule has 0 amide bonds. The van der Waals surface area contributed by atoms with E-state index in [4.69, 9.17) is 9.47 Å². The third kappa shape index (κ3) is 5.31. The molecule has 1 fully saturated rings. The summed E-state index contributed by atoms with van der Waals surface area (Å²) in [5.41, 5.74) is 3.25. The van der Waals surface area contributed by atoms with Crippen molar-refractivity contribution in [1.82, 2.24) is 0 Å². The molecule has 0 N–H and O–H groups in total. The van der Waals surface area contributed by atoms with Crippen LogP contribution >= 0.6 is 0 Å². The summed E-state index contributed by atoms with van der Waals surface area (Å²) in [5, 5.41) is 0. The molecule has 1 heterocycles. The Labute approximate surface area is 193 Å². The maximum Gasteiger partial charge on any atom is 0.161 e. The Morgan fingerprint density at radius 3 is 2.30 bits per heavy atom. The molecular formula is C28H29F3O2. The fraction of sp³-hybridized carbons (Fsp3) is 0.357. The van der Waals surface area contributed by atoms with E-state index in [9.17, 15) is 13.2 Å². The quantitative estimate of drug-likeness (QED) is 0.426. The highest BCUT2D eigenvalue weighted by atomic mass is 19.2. The monoisotopic (exact) mass is 454 g/mol. The van der Waals surface area contributed by atoms with Crippen LogP contribution in [-0.2, 0) is 9.47 Å². The number of halogens is 3. The van der Waals surface area contributed by atoms with Crippen LogP contribution in [0.25, 0.3) is 16.7 Å². The van der Waals surface area contributed by atoms with Crippen LogP contribution in [0, 0.1) is 5.82 Å². The highest BCUT2D eigenvalue weighted by Gasteiger charge is 2.29. The van der Waals surface area contributed by atoms with Crippen LogP contribution in [-0.4, -0.2) is 31.8 Å². The number of allylic oxidation sites excluding steroid dienone is 6. The van der Waals surface area contributed by atoms with Crippen LogP contribution in [0.15, 0.2) is 72.3 Å². The summed E-state index contributed by atoms with van der Waals surface area (Å²) >= 11 is 0. The second kappa shape index (κ2) is 10.5. The Kier molecular flexibility index (Phi) is 7.51. The van der Waals surface area contributed by atoms with Crippen LogP contribution in [0.1, 0.15) is 43.7 Å². The van der Waals surface area contributed by atoms with E-state index in [1.807, 2.05) is 19.1 Å². The normalized spacial score (nSPS) is 25.7. The van der Waals surface area contributed by atoms with Crippen LogP contribution in [0.3, 0.4) is 0 Å². The van der Waals surface area contributed by atoms with Gasteiger partial charge >= 0.3 is 0 Å². The molecule has 2 aromatic rings. The Morgan fingerprint density at radius 2 is 1.64 bits per heavy atom. The number of hydrogen-bond donors (Lipinski definition) is 0. The van der Waals surface area contributed by atoms with Gasteiger partial charge in [-0.05, 0) is 54.2 Å². The van der Waals surface area contributed by atoms with Crippen molar-refractivity contribution in [3.05, 3.63) is 89.3 Å². The molecule has 2 aromatic carbocycles. The zero-order valence-corrected chi connectivity index (χ0v) is 18.9. The summed E-state index contributed by atoms with van der Waals surface area (Å²) in [6.07, 6.45) is 5.47. The lowest BCUT2D eigenvalue weighted by Crippen LogP contribution is -2.30. The first kappa shape index (κ1) is 23.5. The van der Waals surface area contributed by atoms with Crippen LogP contribution in [0.2, 0.25) is 0 Å². The zero-order chi connectivity index (χ0) is 23.4. The third-order valence-electron chi connectivity index (χ3n) is 6.28. The molecule has 1 aliphatic carbocycles. The standard InChI is InChI=1S/C28H29F3O2/c1-3-4-5-6-26-32-16-22(17-33-26)21-12-14-23(25(29)15-21)19-8-10-20(11-9-19)24-13-7-18(2)27(30)28(24)31/h3-4,7-15,22,26-28H,5-6,16-17H2,1-2H3/b4-3+. The predicted molar refractivity (Wildman–Crippen MR) is 126 cm³/mol. The Balaban J connectivity index is 1.44. The lowest BCUT2D eigenvalue weighted by atomic mass is 9.89. The van der Waals surface area contributed by atoms with E-state index in [-0.39, 0.29) is 18.0 Å². The minimum Gasteiger partial charge on any atom is -0.352 e. The van der Waals surface area contributed by atoms with Crippen molar-refractivity contribution < 1.29 is 22.6 Å². The van der Waals surface area contributed by atoms with E-state index in [0.717, 1.165) is 18.4 Å². The van der Waals surface area contributed by atoms with Crippen molar-refractivity contribution in [1.29, 1.82) is 0 Å². The molecule has 174 valence electrons. The highest BCUT2D eigenvalue weighted by molar-refractivity contribution is 5.75. The molecule has 2 atom stereocenters. The van der Waals surface area contributed by atoms with Gasteiger partial charge in [0.05, 0.1) is 13.2 Å². The Bertz CT molecular complexity index is 1050. The van der Waals surface area contributed by atoms with Gasteiger partial charge in [-0.15, -0.1) is 0 Å². The van der Waals surface area contributed by atoms with Crippen LogP contribution < -0.4 is 0 Å². The summed E-state index contributed by atoms with van der Waals surface area (Å²) in [6.45, 7) is 4.56. The molecule has 2 nitrogen and oxygen atoms in total. The maximum absolute atomic E-state index is 15.0. The largest absolute Gasteiger partial charge is 0.352 e. The van der Waals surface area contributed by atoms with E-state index in [2.05, 4.69) is 6.08 Å². The maximum atomic E-state index is 15.0.